The molecule has 0 aromatic carbocycles. The van der Waals surface area contributed by atoms with Crippen LogP contribution in [0.2, 0.25) is 0 Å². The summed E-state index contributed by atoms with van der Waals surface area (Å²) < 4.78 is 22.7. The quantitative estimate of drug-likeness (QED) is 0.696. The molecule has 12 heavy (non-hydrogen) atoms. The Kier molecular flexibility index (Phi) is 2.28. The molecule has 1 aromatic rings. The lowest BCUT2D eigenvalue weighted by atomic mass is 10.5. The maximum Gasteiger partial charge on any atom is 0.219 e. The molecule has 3 nitrogen and oxygen atoms in total. The first kappa shape index (κ1) is 8.93. The number of sulfone groups is 1. The Hall–Kier alpha value is -1.16. The lowest BCUT2D eigenvalue weighted by Crippen LogP contribution is -2.02. The number of aromatic nitrogens is 1. The summed E-state index contributed by atoms with van der Waals surface area (Å²) in [6.07, 6.45) is 1.44. The Morgan fingerprint density at radius 2 is 2.17 bits per heavy atom. The lowest BCUT2D eigenvalue weighted by Gasteiger charge is -1.99. The molecule has 0 saturated heterocycles. The summed E-state index contributed by atoms with van der Waals surface area (Å²) in [6.45, 7) is 4.82. The first-order valence-corrected chi connectivity index (χ1v) is 4.85. The van der Waals surface area contributed by atoms with Gasteiger partial charge in [-0.1, -0.05) is 12.6 Å². The highest BCUT2D eigenvalue weighted by atomic mass is 32.2. The molecular formula is C8H9NO2S. The van der Waals surface area contributed by atoms with Gasteiger partial charge in [0.2, 0.25) is 9.84 Å². The second-order valence-corrected chi connectivity index (χ2v) is 4.50. The molecule has 1 rings (SSSR count). The molecule has 0 aliphatic carbocycles. The van der Waals surface area contributed by atoms with Gasteiger partial charge in [0.25, 0.3) is 0 Å². The second kappa shape index (κ2) is 3.06. The maximum atomic E-state index is 11.4. The van der Waals surface area contributed by atoms with Gasteiger partial charge >= 0.3 is 0 Å². The maximum absolute atomic E-state index is 11.4. The molecule has 1 heterocycles. The summed E-state index contributed by atoms with van der Waals surface area (Å²) in [5, 5.41) is 0.0532. The summed E-state index contributed by atoms with van der Waals surface area (Å²) in [7, 11) is -3.38. The van der Waals surface area contributed by atoms with E-state index in [4.69, 9.17) is 0 Å². The van der Waals surface area contributed by atoms with Crippen LogP contribution in [0.3, 0.4) is 0 Å². The van der Waals surface area contributed by atoms with Crippen LogP contribution in [0.1, 0.15) is 6.92 Å². The molecule has 0 aliphatic rings. The van der Waals surface area contributed by atoms with E-state index in [0.717, 1.165) is 0 Å². The first-order chi connectivity index (χ1) is 5.55. The fraction of sp³-hybridized carbons (Fsp3) is 0.125. The fourth-order valence-corrected chi connectivity index (χ4v) is 1.50. The van der Waals surface area contributed by atoms with E-state index >= 15 is 0 Å². The van der Waals surface area contributed by atoms with E-state index in [-0.39, 0.29) is 9.93 Å². The molecule has 0 spiro atoms. The molecular weight excluding hydrogens is 174 g/mol. The Morgan fingerprint density at radius 3 is 2.58 bits per heavy atom. The third-order valence-corrected chi connectivity index (χ3v) is 3.08. The van der Waals surface area contributed by atoms with Gasteiger partial charge < -0.3 is 0 Å². The van der Waals surface area contributed by atoms with Crippen LogP contribution in [0, 0.1) is 0 Å². The largest absolute Gasteiger partial charge is 0.244 e. The predicted octanol–water partition coefficient (Wildman–Crippen LogP) is 1.39. The Balaban J connectivity index is 3.26. The minimum atomic E-state index is -3.38. The van der Waals surface area contributed by atoms with Crippen molar-refractivity contribution in [3.63, 3.8) is 0 Å². The third-order valence-electron chi connectivity index (χ3n) is 1.37. The van der Waals surface area contributed by atoms with E-state index in [2.05, 4.69) is 11.6 Å². The Morgan fingerprint density at radius 1 is 1.50 bits per heavy atom. The van der Waals surface area contributed by atoms with Gasteiger partial charge in [-0.25, -0.2) is 13.4 Å². The number of hydrogen-bond donors (Lipinski definition) is 0. The van der Waals surface area contributed by atoms with Crippen molar-refractivity contribution in [2.24, 2.45) is 0 Å². The second-order valence-electron chi connectivity index (χ2n) is 2.37. The van der Waals surface area contributed by atoms with E-state index in [1.165, 1.54) is 19.2 Å². The van der Waals surface area contributed by atoms with Gasteiger partial charge in [0, 0.05) is 11.1 Å². The van der Waals surface area contributed by atoms with Crippen LogP contribution >= 0.6 is 0 Å². The van der Waals surface area contributed by atoms with Crippen LogP contribution in [0.15, 0.2) is 40.9 Å². The van der Waals surface area contributed by atoms with E-state index in [1.807, 2.05) is 0 Å². The van der Waals surface area contributed by atoms with E-state index in [1.54, 1.807) is 12.1 Å². The van der Waals surface area contributed by atoms with Gasteiger partial charge in [0.05, 0.1) is 0 Å². The van der Waals surface area contributed by atoms with Gasteiger partial charge in [-0.15, -0.1) is 0 Å². The standard InChI is InChI=1S/C8H9NO2S/c1-7(2)12(10,11)8-5-3-4-6-9-8/h3-6H,1H2,2H3. The summed E-state index contributed by atoms with van der Waals surface area (Å²) in [5.74, 6) is 0. The highest BCUT2D eigenvalue weighted by molar-refractivity contribution is 7.95. The fourth-order valence-electron chi connectivity index (χ4n) is 0.685. The zero-order valence-corrected chi connectivity index (χ0v) is 7.50. The average molecular weight is 183 g/mol. The van der Waals surface area contributed by atoms with Crippen LogP contribution < -0.4 is 0 Å². The molecule has 0 atom stereocenters. The molecule has 0 amide bonds. The molecule has 0 radical (unpaired) electrons. The minimum Gasteiger partial charge on any atom is -0.244 e. The van der Waals surface area contributed by atoms with Crippen molar-refractivity contribution in [2.75, 3.05) is 0 Å². The number of pyridine rings is 1. The molecule has 0 bridgehead atoms. The van der Waals surface area contributed by atoms with Gasteiger partial charge in [-0.05, 0) is 19.1 Å². The van der Waals surface area contributed by atoms with Crippen molar-refractivity contribution >= 4 is 9.84 Å². The van der Waals surface area contributed by atoms with Gasteiger partial charge in [-0.2, -0.15) is 0 Å². The van der Waals surface area contributed by atoms with Crippen LogP contribution in [0.4, 0.5) is 0 Å². The summed E-state index contributed by atoms with van der Waals surface area (Å²) in [5.41, 5.74) is 0. The number of nitrogens with zero attached hydrogens (tertiary/aromatic N) is 1. The van der Waals surface area contributed by atoms with Crippen molar-refractivity contribution in [3.8, 4) is 0 Å². The SMILES string of the molecule is C=C(C)S(=O)(=O)c1ccccn1. The van der Waals surface area contributed by atoms with E-state index in [9.17, 15) is 8.42 Å². The lowest BCUT2D eigenvalue weighted by molar-refractivity contribution is 0.598. The van der Waals surface area contributed by atoms with Crippen LogP contribution in [0.5, 0.6) is 0 Å². The highest BCUT2D eigenvalue weighted by Crippen LogP contribution is 2.13. The van der Waals surface area contributed by atoms with Crippen LogP contribution in [0.25, 0.3) is 0 Å². The smallest absolute Gasteiger partial charge is 0.219 e. The van der Waals surface area contributed by atoms with Crippen molar-refractivity contribution in [1.82, 2.24) is 4.98 Å². The van der Waals surface area contributed by atoms with Gasteiger partial charge in [0.1, 0.15) is 0 Å². The van der Waals surface area contributed by atoms with Gasteiger partial charge in [-0.3, -0.25) is 0 Å². The normalized spacial score (nSPS) is 11.1. The van der Waals surface area contributed by atoms with Crippen molar-refractivity contribution in [2.45, 2.75) is 11.9 Å². The Labute approximate surface area is 71.7 Å². The van der Waals surface area contributed by atoms with E-state index in [0.29, 0.717) is 0 Å². The zero-order chi connectivity index (χ0) is 9.19. The monoisotopic (exact) mass is 183 g/mol. The highest BCUT2D eigenvalue weighted by Gasteiger charge is 2.15. The number of hydrogen-bond acceptors (Lipinski definition) is 3. The molecule has 1 aromatic heterocycles. The topological polar surface area (TPSA) is 47.0 Å². The molecule has 0 saturated carbocycles. The first-order valence-electron chi connectivity index (χ1n) is 3.37. The molecule has 0 aliphatic heterocycles. The molecule has 0 N–H and O–H groups in total. The van der Waals surface area contributed by atoms with Crippen molar-refractivity contribution in [3.05, 3.63) is 35.9 Å². The minimum absolute atomic E-state index is 0.0532. The molecule has 4 heteroatoms. The van der Waals surface area contributed by atoms with Crippen LogP contribution in [-0.4, -0.2) is 13.4 Å². The molecule has 64 valence electrons. The predicted molar refractivity (Wildman–Crippen MR) is 46.2 cm³/mol. The summed E-state index contributed by atoms with van der Waals surface area (Å²) >= 11 is 0. The number of allylic oxidation sites excluding steroid dienone is 1. The van der Waals surface area contributed by atoms with Crippen molar-refractivity contribution in [1.29, 1.82) is 0 Å². The molecule has 0 fully saturated rings. The summed E-state index contributed by atoms with van der Waals surface area (Å²) in [6, 6.07) is 4.74. The van der Waals surface area contributed by atoms with E-state index < -0.39 is 9.84 Å². The van der Waals surface area contributed by atoms with Gasteiger partial charge in [0.15, 0.2) is 5.03 Å². The third kappa shape index (κ3) is 1.53. The number of rotatable bonds is 2. The Bertz CT molecular complexity index is 381. The summed E-state index contributed by atoms with van der Waals surface area (Å²) in [4.78, 5) is 3.84. The van der Waals surface area contributed by atoms with Crippen molar-refractivity contribution < 1.29 is 8.42 Å². The van der Waals surface area contributed by atoms with Crippen LogP contribution in [-0.2, 0) is 9.84 Å². The zero-order valence-electron chi connectivity index (χ0n) is 6.69. The molecule has 0 unspecified atom stereocenters. The average Bonchev–Trinajstić information content (AvgIpc) is 2.06.